The van der Waals surface area contributed by atoms with E-state index in [1.165, 1.54) is 6.07 Å². The molecule has 88 valence electrons. The largest absolute Gasteiger partial charge is 0.540 e. The summed E-state index contributed by atoms with van der Waals surface area (Å²) in [7, 11) is -2.01. The van der Waals surface area contributed by atoms with Crippen LogP contribution in [0.4, 0.5) is 10.1 Å². The number of halogens is 2. The van der Waals surface area contributed by atoms with Gasteiger partial charge in [-0.15, -0.1) is 0 Å². The first-order chi connectivity index (χ1) is 7.20. The van der Waals surface area contributed by atoms with Crippen LogP contribution in [0.3, 0.4) is 0 Å². The molecule has 0 aliphatic carbocycles. The maximum absolute atomic E-state index is 13.4. The first kappa shape index (κ1) is 13.1. The van der Waals surface area contributed by atoms with Gasteiger partial charge in [-0.25, -0.2) is 0 Å². The van der Waals surface area contributed by atoms with Crippen molar-refractivity contribution in [2.75, 3.05) is 0 Å². The minimum Gasteiger partial charge on any atom is -0.540 e. The van der Waals surface area contributed by atoms with Crippen molar-refractivity contribution in [2.45, 2.75) is 19.6 Å². The van der Waals surface area contributed by atoms with Crippen LogP contribution in [-0.4, -0.2) is 13.2 Å². The summed E-state index contributed by atoms with van der Waals surface area (Å²) >= 11 is 3.08. The second kappa shape index (κ2) is 4.50. The lowest BCUT2D eigenvalue weighted by Gasteiger charge is -2.19. The molecule has 0 saturated carbocycles. The van der Waals surface area contributed by atoms with E-state index in [0.717, 1.165) is 6.07 Å². The topological polar surface area (TPSA) is 52.4 Å². The average Bonchev–Trinajstić information content (AvgIpc) is 1.96. The molecule has 0 aliphatic heterocycles. The van der Waals surface area contributed by atoms with Gasteiger partial charge in [0.2, 0.25) is 14.1 Å². The highest BCUT2D eigenvalue weighted by atomic mass is 79.9. The zero-order valence-corrected chi connectivity index (χ0v) is 11.7. The summed E-state index contributed by atoms with van der Waals surface area (Å²) < 4.78 is 19.3. The first-order valence-corrected chi connectivity index (χ1v) is 8.73. The third kappa shape index (κ3) is 3.27. The second-order valence-electron chi connectivity index (χ2n) is 4.21. The Kier molecular flexibility index (Phi) is 3.69. The maximum Gasteiger partial charge on any atom is 0.344 e. The Morgan fingerprint density at radius 1 is 1.44 bits per heavy atom. The van der Waals surface area contributed by atoms with Gasteiger partial charge in [0.25, 0.3) is 0 Å². The van der Waals surface area contributed by atoms with Crippen molar-refractivity contribution in [3.8, 4) is 5.75 Å². The Morgan fingerprint density at radius 3 is 2.44 bits per heavy atom. The lowest BCUT2D eigenvalue weighted by molar-refractivity contribution is -0.388. The minimum atomic E-state index is -2.01. The molecule has 0 heterocycles. The summed E-state index contributed by atoms with van der Waals surface area (Å²) in [6.45, 7) is 5.61. The molecule has 0 amide bonds. The molecule has 0 unspecified atom stereocenters. The molecule has 0 aromatic heterocycles. The average molecular weight is 308 g/mol. The van der Waals surface area contributed by atoms with E-state index in [-0.39, 0.29) is 5.75 Å². The molecule has 1 aromatic carbocycles. The Labute approximate surface area is 102 Å². The van der Waals surface area contributed by atoms with Crippen LogP contribution in [0.5, 0.6) is 5.75 Å². The van der Waals surface area contributed by atoms with Gasteiger partial charge in [-0.1, -0.05) is 15.9 Å². The first-order valence-electron chi connectivity index (χ1n) is 4.53. The number of nitro benzene ring substituents is 1. The van der Waals surface area contributed by atoms with E-state index in [4.69, 9.17) is 4.43 Å². The Morgan fingerprint density at radius 2 is 2.00 bits per heavy atom. The lowest BCUT2D eigenvalue weighted by Crippen LogP contribution is -2.29. The summed E-state index contributed by atoms with van der Waals surface area (Å²) in [5, 5.41) is 10.7. The number of nitro groups is 1. The van der Waals surface area contributed by atoms with Crippen LogP contribution in [0.15, 0.2) is 16.6 Å². The zero-order chi connectivity index (χ0) is 12.5. The molecule has 0 bridgehead atoms. The van der Waals surface area contributed by atoms with Crippen molar-refractivity contribution < 1.29 is 13.7 Å². The van der Waals surface area contributed by atoms with Crippen LogP contribution in [0.1, 0.15) is 0 Å². The molecule has 0 radical (unpaired) electrons. The third-order valence-corrected chi connectivity index (χ3v) is 2.88. The fourth-order valence-electron chi connectivity index (χ4n) is 1.13. The Balaban J connectivity index is 3.30. The number of hydrogen-bond acceptors (Lipinski definition) is 3. The number of hydrogen-bond donors (Lipinski definition) is 0. The van der Waals surface area contributed by atoms with Crippen molar-refractivity contribution in [1.29, 1.82) is 0 Å². The number of nitrogens with zero attached hydrogens (tertiary/aromatic N) is 1. The SMILES string of the molecule is C[Si](C)(C)Oc1cc(Br)cc(F)c1[N+](=O)[O-]. The van der Waals surface area contributed by atoms with Crippen molar-refractivity contribution in [2.24, 2.45) is 0 Å². The zero-order valence-electron chi connectivity index (χ0n) is 9.08. The fourth-order valence-corrected chi connectivity index (χ4v) is 2.35. The van der Waals surface area contributed by atoms with E-state index in [9.17, 15) is 14.5 Å². The highest BCUT2D eigenvalue weighted by Gasteiger charge is 2.27. The molecule has 7 heteroatoms. The van der Waals surface area contributed by atoms with E-state index in [2.05, 4.69) is 15.9 Å². The molecular formula is C9H11BrFNO3Si. The summed E-state index contributed by atoms with van der Waals surface area (Å²) in [5.41, 5.74) is -0.606. The Bertz CT molecular complexity index is 433. The molecule has 0 aliphatic rings. The van der Waals surface area contributed by atoms with Gasteiger partial charge in [0.15, 0.2) is 5.75 Å². The molecule has 16 heavy (non-hydrogen) atoms. The molecule has 1 rings (SSSR count). The normalized spacial score (nSPS) is 11.3. The van der Waals surface area contributed by atoms with E-state index < -0.39 is 24.7 Å². The third-order valence-electron chi connectivity index (χ3n) is 1.59. The lowest BCUT2D eigenvalue weighted by atomic mass is 10.3. The van der Waals surface area contributed by atoms with E-state index in [1.807, 2.05) is 19.6 Å². The van der Waals surface area contributed by atoms with Crippen LogP contribution in [0.2, 0.25) is 19.6 Å². The van der Waals surface area contributed by atoms with Crippen LogP contribution in [0.25, 0.3) is 0 Å². The quantitative estimate of drug-likeness (QED) is 0.486. The Hall–Kier alpha value is -0.953. The van der Waals surface area contributed by atoms with Gasteiger partial charge in [-0.2, -0.15) is 4.39 Å². The maximum atomic E-state index is 13.4. The van der Waals surface area contributed by atoms with Crippen molar-refractivity contribution in [3.63, 3.8) is 0 Å². The fraction of sp³-hybridized carbons (Fsp3) is 0.333. The molecule has 0 atom stereocenters. The van der Waals surface area contributed by atoms with Gasteiger partial charge >= 0.3 is 5.69 Å². The van der Waals surface area contributed by atoms with Gasteiger partial charge in [-0.05, 0) is 25.7 Å². The molecule has 4 nitrogen and oxygen atoms in total. The van der Waals surface area contributed by atoms with Crippen LogP contribution < -0.4 is 4.43 Å². The van der Waals surface area contributed by atoms with Gasteiger partial charge in [0.1, 0.15) is 0 Å². The van der Waals surface area contributed by atoms with Crippen molar-refractivity contribution >= 4 is 29.9 Å². The van der Waals surface area contributed by atoms with Gasteiger partial charge in [-0.3, -0.25) is 10.1 Å². The van der Waals surface area contributed by atoms with Gasteiger partial charge in [0.05, 0.1) is 4.92 Å². The molecular weight excluding hydrogens is 297 g/mol. The molecule has 1 aromatic rings. The highest BCUT2D eigenvalue weighted by Crippen LogP contribution is 2.34. The van der Waals surface area contributed by atoms with E-state index >= 15 is 0 Å². The highest BCUT2D eigenvalue weighted by molar-refractivity contribution is 9.10. The number of benzene rings is 1. The predicted molar refractivity (Wildman–Crippen MR) is 64.7 cm³/mol. The monoisotopic (exact) mass is 307 g/mol. The van der Waals surface area contributed by atoms with Crippen LogP contribution >= 0.6 is 15.9 Å². The van der Waals surface area contributed by atoms with Crippen LogP contribution in [-0.2, 0) is 0 Å². The van der Waals surface area contributed by atoms with Crippen molar-refractivity contribution in [3.05, 3.63) is 32.5 Å². The molecule has 0 spiro atoms. The number of rotatable bonds is 3. The van der Waals surface area contributed by atoms with Crippen molar-refractivity contribution in [1.82, 2.24) is 0 Å². The predicted octanol–water partition coefficient (Wildman–Crippen LogP) is 3.71. The van der Waals surface area contributed by atoms with E-state index in [1.54, 1.807) is 0 Å². The van der Waals surface area contributed by atoms with Gasteiger partial charge in [0, 0.05) is 10.5 Å². The summed E-state index contributed by atoms with van der Waals surface area (Å²) in [6.07, 6.45) is 0. The molecule has 0 N–H and O–H groups in total. The summed E-state index contributed by atoms with van der Waals surface area (Å²) in [5.74, 6) is -0.913. The van der Waals surface area contributed by atoms with Gasteiger partial charge < -0.3 is 4.43 Å². The second-order valence-corrected chi connectivity index (χ2v) is 9.55. The van der Waals surface area contributed by atoms with E-state index in [0.29, 0.717) is 4.47 Å². The molecule has 0 fully saturated rings. The summed E-state index contributed by atoms with van der Waals surface area (Å²) in [6, 6.07) is 2.47. The van der Waals surface area contributed by atoms with Crippen LogP contribution in [0, 0.1) is 15.9 Å². The smallest absolute Gasteiger partial charge is 0.344 e. The standard InChI is InChI=1S/C9H11BrFNO3Si/c1-16(2,3)15-8-5-6(10)4-7(11)9(8)12(13)14/h4-5H,1-3H3. The minimum absolute atomic E-state index is 0.0176. The molecule has 0 saturated heterocycles. The summed E-state index contributed by atoms with van der Waals surface area (Å²) in [4.78, 5) is 9.96.